The Morgan fingerprint density at radius 1 is 1.12 bits per heavy atom. The summed E-state index contributed by atoms with van der Waals surface area (Å²) in [5, 5.41) is 7.48. The third-order valence-corrected chi connectivity index (χ3v) is 3.56. The van der Waals surface area contributed by atoms with Crippen molar-refractivity contribution in [2.24, 2.45) is 5.73 Å². The number of ether oxygens (including phenoxy) is 1. The first-order chi connectivity index (χ1) is 11.6. The normalized spacial score (nSPS) is 11.9. The van der Waals surface area contributed by atoms with Crippen LogP contribution in [-0.2, 0) is 6.61 Å². The molecule has 1 aromatic heterocycles. The molecule has 4 N–H and O–H groups in total. The van der Waals surface area contributed by atoms with Crippen LogP contribution >= 0.6 is 0 Å². The summed E-state index contributed by atoms with van der Waals surface area (Å²) in [6.45, 7) is 0.445. The number of hydrogen-bond donors (Lipinski definition) is 2. The maximum atomic E-state index is 12.0. The number of nitrogens with zero attached hydrogens (tertiary/aromatic N) is 3. The molecule has 2 aromatic carbocycles. The molecule has 0 saturated heterocycles. The Balaban J connectivity index is 1.79. The summed E-state index contributed by atoms with van der Waals surface area (Å²) in [5.41, 5.74) is 7.50. The van der Waals surface area contributed by atoms with Gasteiger partial charge >= 0.3 is 0 Å². The zero-order chi connectivity index (χ0) is 16.9. The summed E-state index contributed by atoms with van der Waals surface area (Å²) < 4.78 is 6.63. The third kappa shape index (κ3) is 3.41. The van der Waals surface area contributed by atoms with Crippen molar-refractivity contribution in [3.05, 3.63) is 88.1 Å². The molecule has 3 aromatic rings. The van der Waals surface area contributed by atoms with Gasteiger partial charge in [-0.15, -0.1) is 10.2 Å². The molecule has 7 heteroatoms. The second kappa shape index (κ2) is 6.93. The van der Waals surface area contributed by atoms with Crippen LogP contribution in [0.5, 0.6) is 5.75 Å². The molecule has 0 aliphatic carbocycles. The lowest BCUT2D eigenvalue weighted by atomic mass is 10.0. The van der Waals surface area contributed by atoms with Gasteiger partial charge in [-0.2, -0.15) is 0 Å². The largest absolute Gasteiger partial charge is 0.489 e. The number of hydrogen-bond acceptors (Lipinski definition) is 6. The molecule has 0 fully saturated rings. The molecule has 0 saturated carbocycles. The van der Waals surface area contributed by atoms with Crippen LogP contribution in [-0.4, -0.2) is 14.9 Å². The van der Waals surface area contributed by atoms with Gasteiger partial charge < -0.3 is 16.3 Å². The number of rotatable bonds is 5. The summed E-state index contributed by atoms with van der Waals surface area (Å²) >= 11 is 0. The van der Waals surface area contributed by atoms with Crippen LogP contribution in [0.1, 0.15) is 22.9 Å². The van der Waals surface area contributed by atoms with Crippen molar-refractivity contribution < 1.29 is 4.74 Å². The second-order valence-corrected chi connectivity index (χ2v) is 5.25. The summed E-state index contributed by atoms with van der Waals surface area (Å²) in [6, 6.07) is 16.3. The number of nitrogens with two attached hydrogens (primary N) is 2. The Bertz CT molecular complexity index is 879. The van der Waals surface area contributed by atoms with E-state index in [1.165, 1.54) is 0 Å². The van der Waals surface area contributed by atoms with Crippen LogP contribution in [0.15, 0.2) is 65.7 Å². The van der Waals surface area contributed by atoms with Gasteiger partial charge in [-0.3, -0.25) is 4.79 Å². The molecule has 1 heterocycles. The molecule has 0 aliphatic heterocycles. The van der Waals surface area contributed by atoms with Gasteiger partial charge in [0.25, 0.3) is 5.56 Å². The molecule has 0 amide bonds. The van der Waals surface area contributed by atoms with E-state index in [0.717, 1.165) is 16.6 Å². The standard InChI is InChI=1S/C17H17N5O2/c18-15(16-17(23)22(19)11-20-21-16)13-7-4-8-14(9-13)24-10-12-5-2-1-3-6-12/h1-9,11,15H,10,18-19H2. The Labute approximate surface area is 138 Å². The molecule has 122 valence electrons. The molecular weight excluding hydrogens is 306 g/mol. The quantitative estimate of drug-likeness (QED) is 0.677. The van der Waals surface area contributed by atoms with Crippen LogP contribution in [0.4, 0.5) is 0 Å². The van der Waals surface area contributed by atoms with Gasteiger partial charge in [0, 0.05) is 0 Å². The highest BCUT2D eigenvalue weighted by Gasteiger charge is 2.16. The summed E-state index contributed by atoms with van der Waals surface area (Å²) in [6.07, 6.45) is 1.14. The van der Waals surface area contributed by atoms with E-state index in [2.05, 4.69) is 10.2 Å². The molecule has 24 heavy (non-hydrogen) atoms. The highest BCUT2D eigenvalue weighted by molar-refractivity contribution is 5.34. The molecule has 0 radical (unpaired) electrons. The van der Waals surface area contributed by atoms with Gasteiger partial charge in [-0.1, -0.05) is 42.5 Å². The predicted octanol–water partition coefficient (Wildman–Crippen LogP) is 0.979. The smallest absolute Gasteiger partial charge is 0.295 e. The van der Waals surface area contributed by atoms with Gasteiger partial charge in [0.2, 0.25) is 0 Å². The van der Waals surface area contributed by atoms with Crippen molar-refractivity contribution in [1.82, 2.24) is 14.9 Å². The van der Waals surface area contributed by atoms with Crippen molar-refractivity contribution in [3.8, 4) is 5.75 Å². The van der Waals surface area contributed by atoms with Crippen LogP contribution in [0.2, 0.25) is 0 Å². The van der Waals surface area contributed by atoms with Gasteiger partial charge in [-0.25, -0.2) is 4.68 Å². The van der Waals surface area contributed by atoms with Gasteiger partial charge in [0.05, 0.1) is 6.04 Å². The maximum absolute atomic E-state index is 12.0. The highest BCUT2D eigenvalue weighted by atomic mass is 16.5. The lowest BCUT2D eigenvalue weighted by Gasteiger charge is -2.13. The van der Waals surface area contributed by atoms with Gasteiger partial charge in [0.15, 0.2) is 5.69 Å². The summed E-state index contributed by atoms with van der Waals surface area (Å²) in [4.78, 5) is 12.0. The Kier molecular flexibility index (Phi) is 4.53. The third-order valence-electron chi connectivity index (χ3n) is 3.56. The fourth-order valence-electron chi connectivity index (χ4n) is 2.26. The molecule has 1 atom stereocenters. The van der Waals surface area contributed by atoms with Crippen molar-refractivity contribution in [2.75, 3.05) is 5.84 Å². The number of aromatic nitrogens is 3. The minimum absolute atomic E-state index is 0.0835. The lowest BCUT2D eigenvalue weighted by molar-refractivity contribution is 0.306. The lowest BCUT2D eigenvalue weighted by Crippen LogP contribution is -2.34. The maximum Gasteiger partial charge on any atom is 0.295 e. The zero-order valence-electron chi connectivity index (χ0n) is 12.9. The predicted molar refractivity (Wildman–Crippen MR) is 89.7 cm³/mol. The van der Waals surface area contributed by atoms with E-state index in [4.69, 9.17) is 16.3 Å². The summed E-state index contributed by atoms with van der Waals surface area (Å²) in [7, 11) is 0. The number of benzene rings is 2. The fraction of sp³-hybridized carbons (Fsp3) is 0.118. The highest BCUT2D eigenvalue weighted by Crippen LogP contribution is 2.21. The van der Waals surface area contributed by atoms with Crippen molar-refractivity contribution in [3.63, 3.8) is 0 Å². The first-order valence-electron chi connectivity index (χ1n) is 7.37. The van der Waals surface area contributed by atoms with E-state index >= 15 is 0 Å². The van der Waals surface area contributed by atoms with Gasteiger partial charge in [-0.05, 0) is 23.3 Å². The van der Waals surface area contributed by atoms with Crippen molar-refractivity contribution >= 4 is 0 Å². The average Bonchev–Trinajstić information content (AvgIpc) is 2.63. The molecule has 3 rings (SSSR count). The van der Waals surface area contributed by atoms with Crippen LogP contribution in [0, 0.1) is 0 Å². The molecular formula is C17H17N5O2. The molecule has 1 unspecified atom stereocenters. The average molecular weight is 323 g/mol. The van der Waals surface area contributed by atoms with E-state index in [1.807, 2.05) is 42.5 Å². The van der Waals surface area contributed by atoms with Crippen LogP contribution < -0.4 is 21.9 Å². The van der Waals surface area contributed by atoms with E-state index in [-0.39, 0.29) is 5.69 Å². The zero-order valence-corrected chi connectivity index (χ0v) is 12.9. The van der Waals surface area contributed by atoms with E-state index in [9.17, 15) is 4.79 Å². The fourth-order valence-corrected chi connectivity index (χ4v) is 2.26. The van der Waals surface area contributed by atoms with Crippen molar-refractivity contribution in [1.29, 1.82) is 0 Å². The monoisotopic (exact) mass is 323 g/mol. The summed E-state index contributed by atoms with van der Waals surface area (Å²) in [5.74, 6) is 6.16. The van der Waals surface area contributed by atoms with Crippen LogP contribution in [0.25, 0.3) is 0 Å². The van der Waals surface area contributed by atoms with E-state index in [0.29, 0.717) is 17.9 Å². The number of nitrogen functional groups attached to an aromatic ring is 1. The molecule has 0 aliphatic rings. The van der Waals surface area contributed by atoms with E-state index < -0.39 is 11.6 Å². The Morgan fingerprint density at radius 2 is 1.92 bits per heavy atom. The minimum Gasteiger partial charge on any atom is -0.489 e. The minimum atomic E-state index is -0.735. The Hall–Kier alpha value is -3.19. The SMILES string of the molecule is NC(c1cccc(OCc2ccccc2)c1)c1nncn(N)c1=O. The molecule has 7 nitrogen and oxygen atoms in total. The Morgan fingerprint density at radius 3 is 2.71 bits per heavy atom. The second-order valence-electron chi connectivity index (χ2n) is 5.25. The van der Waals surface area contributed by atoms with Crippen LogP contribution in [0.3, 0.4) is 0 Å². The molecule has 0 bridgehead atoms. The topological polar surface area (TPSA) is 109 Å². The first-order valence-corrected chi connectivity index (χ1v) is 7.37. The molecule has 0 spiro atoms. The first kappa shape index (κ1) is 15.7. The van der Waals surface area contributed by atoms with Crippen molar-refractivity contribution in [2.45, 2.75) is 12.6 Å². The van der Waals surface area contributed by atoms with Gasteiger partial charge in [0.1, 0.15) is 18.7 Å². The van der Waals surface area contributed by atoms with E-state index in [1.54, 1.807) is 12.1 Å².